The Kier molecular flexibility index (Phi) is 5.45. The van der Waals surface area contributed by atoms with Gasteiger partial charge in [-0.05, 0) is 44.9 Å². The molecule has 1 saturated heterocycles. The van der Waals surface area contributed by atoms with E-state index in [9.17, 15) is 13.2 Å². The predicted molar refractivity (Wildman–Crippen MR) is 77.2 cm³/mol. The van der Waals surface area contributed by atoms with Crippen LogP contribution in [-0.4, -0.2) is 35.6 Å². The standard InChI is InChI=1S/C15H22F3N3/c1-12-5-2-3-9-21(12)10-4-7-19-14-11-13(6-8-20-14)15(16,17)18/h6,8,11-12H,2-5,7,9-10H2,1H3,(H,19,20). The third kappa shape index (κ3) is 4.88. The number of hydrogen-bond donors (Lipinski definition) is 1. The number of piperidine rings is 1. The molecule has 0 aliphatic carbocycles. The fourth-order valence-electron chi connectivity index (χ4n) is 2.69. The maximum absolute atomic E-state index is 12.6. The summed E-state index contributed by atoms with van der Waals surface area (Å²) in [5.41, 5.74) is -0.662. The first-order valence-corrected chi connectivity index (χ1v) is 7.48. The van der Waals surface area contributed by atoms with Gasteiger partial charge in [0, 0.05) is 25.3 Å². The van der Waals surface area contributed by atoms with Crippen LogP contribution >= 0.6 is 0 Å². The summed E-state index contributed by atoms with van der Waals surface area (Å²) in [7, 11) is 0. The zero-order chi connectivity index (χ0) is 15.3. The van der Waals surface area contributed by atoms with E-state index >= 15 is 0 Å². The minimum Gasteiger partial charge on any atom is -0.370 e. The normalized spacial score (nSPS) is 20.5. The van der Waals surface area contributed by atoms with Crippen LogP contribution in [0, 0.1) is 0 Å². The van der Waals surface area contributed by atoms with E-state index in [1.807, 2.05) is 0 Å². The summed E-state index contributed by atoms with van der Waals surface area (Å²) >= 11 is 0. The molecule has 1 fully saturated rings. The summed E-state index contributed by atoms with van der Waals surface area (Å²) in [5.74, 6) is 0.288. The summed E-state index contributed by atoms with van der Waals surface area (Å²) < 4.78 is 37.7. The van der Waals surface area contributed by atoms with Crippen LogP contribution in [0.5, 0.6) is 0 Å². The Morgan fingerprint density at radius 3 is 2.90 bits per heavy atom. The quantitative estimate of drug-likeness (QED) is 0.839. The first-order valence-electron chi connectivity index (χ1n) is 7.48. The van der Waals surface area contributed by atoms with Crippen LogP contribution in [0.25, 0.3) is 0 Å². The topological polar surface area (TPSA) is 28.2 Å². The second-order valence-corrected chi connectivity index (χ2v) is 5.59. The van der Waals surface area contributed by atoms with E-state index in [1.165, 1.54) is 25.5 Å². The number of anilines is 1. The van der Waals surface area contributed by atoms with Crippen LogP contribution in [0.3, 0.4) is 0 Å². The molecule has 6 heteroatoms. The second kappa shape index (κ2) is 7.11. The maximum Gasteiger partial charge on any atom is 0.416 e. The molecule has 2 heterocycles. The van der Waals surface area contributed by atoms with Crippen molar-refractivity contribution in [3.8, 4) is 0 Å². The summed E-state index contributed by atoms with van der Waals surface area (Å²) in [6.07, 6.45) is 1.56. The average molecular weight is 301 g/mol. The van der Waals surface area contributed by atoms with Crippen molar-refractivity contribution in [1.82, 2.24) is 9.88 Å². The Morgan fingerprint density at radius 2 is 2.19 bits per heavy atom. The van der Waals surface area contributed by atoms with E-state index in [0.717, 1.165) is 31.6 Å². The highest BCUT2D eigenvalue weighted by Gasteiger charge is 2.30. The lowest BCUT2D eigenvalue weighted by Gasteiger charge is -2.33. The molecule has 0 amide bonds. The molecule has 118 valence electrons. The summed E-state index contributed by atoms with van der Waals surface area (Å²) in [6.45, 7) is 4.98. The van der Waals surface area contributed by atoms with Gasteiger partial charge in [0.1, 0.15) is 5.82 Å². The molecule has 1 aliphatic rings. The monoisotopic (exact) mass is 301 g/mol. The number of nitrogens with one attached hydrogen (secondary N) is 1. The van der Waals surface area contributed by atoms with E-state index in [2.05, 4.69) is 22.1 Å². The van der Waals surface area contributed by atoms with Crippen molar-refractivity contribution < 1.29 is 13.2 Å². The van der Waals surface area contributed by atoms with Gasteiger partial charge in [-0.15, -0.1) is 0 Å². The van der Waals surface area contributed by atoms with Crippen LogP contribution in [0.4, 0.5) is 19.0 Å². The van der Waals surface area contributed by atoms with Gasteiger partial charge >= 0.3 is 6.18 Å². The molecule has 1 atom stereocenters. The smallest absolute Gasteiger partial charge is 0.370 e. The van der Waals surface area contributed by atoms with Gasteiger partial charge in [-0.3, -0.25) is 0 Å². The average Bonchev–Trinajstić information content (AvgIpc) is 2.45. The van der Waals surface area contributed by atoms with E-state index in [4.69, 9.17) is 0 Å². The molecular formula is C15H22F3N3. The Morgan fingerprint density at radius 1 is 1.38 bits per heavy atom. The van der Waals surface area contributed by atoms with Gasteiger partial charge < -0.3 is 10.2 Å². The van der Waals surface area contributed by atoms with E-state index in [0.29, 0.717) is 12.6 Å². The van der Waals surface area contributed by atoms with Crippen molar-refractivity contribution >= 4 is 5.82 Å². The fraction of sp³-hybridized carbons (Fsp3) is 0.667. The van der Waals surface area contributed by atoms with Crippen molar-refractivity contribution in [2.75, 3.05) is 25.0 Å². The minimum absolute atomic E-state index is 0.288. The molecule has 3 nitrogen and oxygen atoms in total. The van der Waals surface area contributed by atoms with Gasteiger partial charge in [-0.2, -0.15) is 13.2 Å². The molecule has 0 saturated carbocycles. The molecule has 1 unspecified atom stereocenters. The van der Waals surface area contributed by atoms with E-state index in [1.54, 1.807) is 0 Å². The molecule has 1 aliphatic heterocycles. The van der Waals surface area contributed by atoms with Crippen LogP contribution in [-0.2, 0) is 6.18 Å². The Bertz CT molecular complexity index is 448. The summed E-state index contributed by atoms with van der Waals surface area (Å²) in [6, 6.07) is 2.66. The van der Waals surface area contributed by atoms with Crippen molar-refractivity contribution in [2.24, 2.45) is 0 Å². The van der Waals surface area contributed by atoms with Crippen molar-refractivity contribution in [2.45, 2.75) is 44.8 Å². The molecule has 0 radical (unpaired) electrons. The molecule has 0 bridgehead atoms. The lowest BCUT2D eigenvalue weighted by Crippen LogP contribution is -2.38. The Balaban J connectivity index is 1.76. The number of rotatable bonds is 5. The molecule has 21 heavy (non-hydrogen) atoms. The van der Waals surface area contributed by atoms with Gasteiger partial charge in [-0.1, -0.05) is 6.42 Å². The van der Waals surface area contributed by atoms with Crippen LogP contribution in [0.2, 0.25) is 0 Å². The van der Waals surface area contributed by atoms with Gasteiger partial charge in [0.25, 0.3) is 0 Å². The van der Waals surface area contributed by atoms with Gasteiger partial charge in [0.15, 0.2) is 0 Å². The zero-order valence-electron chi connectivity index (χ0n) is 12.3. The van der Waals surface area contributed by atoms with Crippen molar-refractivity contribution in [1.29, 1.82) is 0 Å². The number of aromatic nitrogens is 1. The zero-order valence-corrected chi connectivity index (χ0v) is 12.3. The Labute approximate surface area is 123 Å². The number of alkyl halides is 3. The van der Waals surface area contributed by atoms with E-state index < -0.39 is 11.7 Å². The number of halogens is 3. The van der Waals surface area contributed by atoms with Crippen molar-refractivity contribution in [3.63, 3.8) is 0 Å². The highest BCUT2D eigenvalue weighted by molar-refractivity contribution is 5.38. The largest absolute Gasteiger partial charge is 0.416 e. The van der Waals surface area contributed by atoms with Crippen LogP contribution < -0.4 is 5.32 Å². The number of pyridine rings is 1. The minimum atomic E-state index is -4.32. The maximum atomic E-state index is 12.6. The summed E-state index contributed by atoms with van der Waals surface area (Å²) in [4.78, 5) is 6.38. The molecule has 1 aromatic rings. The molecule has 0 aromatic carbocycles. The number of likely N-dealkylation sites (tertiary alicyclic amines) is 1. The van der Waals surface area contributed by atoms with Crippen LogP contribution in [0.1, 0.15) is 38.2 Å². The third-order valence-electron chi connectivity index (χ3n) is 3.96. The van der Waals surface area contributed by atoms with Crippen molar-refractivity contribution in [3.05, 3.63) is 23.9 Å². The molecular weight excluding hydrogens is 279 g/mol. The number of hydrogen-bond acceptors (Lipinski definition) is 3. The highest BCUT2D eigenvalue weighted by atomic mass is 19.4. The fourth-order valence-corrected chi connectivity index (χ4v) is 2.69. The third-order valence-corrected chi connectivity index (χ3v) is 3.96. The van der Waals surface area contributed by atoms with Gasteiger partial charge in [0.05, 0.1) is 5.56 Å². The molecule has 1 N–H and O–H groups in total. The molecule has 2 rings (SSSR count). The predicted octanol–water partition coefficient (Wildman–Crippen LogP) is 3.78. The van der Waals surface area contributed by atoms with Gasteiger partial charge in [0.2, 0.25) is 0 Å². The first-order chi connectivity index (χ1) is 9.97. The second-order valence-electron chi connectivity index (χ2n) is 5.59. The lowest BCUT2D eigenvalue weighted by molar-refractivity contribution is -0.137. The molecule has 0 spiro atoms. The number of nitrogens with zero attached hydrogens (tertiary/aromatic N) is 2. The highest BCUT2D eigenvalue weighted by Crippen LogP contribution is 2.29. The van der Waals surface area contributed by atoms with Gasteiger partial charge in [-0.25, -0.2) is 4.98 Å². The molecule has 1 aromatic heterocycles. The SMILES string of the molecule is CC1CCCCN1CCCNc1cc(C(F)(F)F)ccn1. The first kappa shape index (κ1) is 16.1. The van der Waals surface area contributed by atoms with E-state index in [-0.39, 0.29) is 5.82 Å². The Hall–Kier alpha value is -1.30. The van der Waals surface area contributed by atoms with Crippen LogP contribution in [0.15, 0.2) is 18.3 Å². The summed E-state index contributed by atoms with van der Waals surface area (Å²) in [5, 5.41) is 2.97. The lowest BCUT2D eigenvalue weighted by atomic mass is 10.0.